The van der Waals surface area contributed by atoms with Crippen LogP contribution in [0.3, 0.4) is 0 Å². The highest BCUT2D eigenvalue weighted by molar-refractivity contribution is 6.30. The Bertz CT molecular complexity index is 1180. The van der Waals surface area contributed by atoms with Gasteiger partial charge in [-0.05, 0) is 70.0 Å². The highest BCUT2D eigenvalue weighted by atomic mass is 35.5. The third kappa shape index (κ3) is 5.60. The lowest BCUT2D eigenvalue weighted by Crippen LogP contribution is -2.49. The number of piperidine rings is 1. The van der Waals surface area contributed by atoms with Crippen LogP contribution in [0.25, 0.3) is 10.9 Å². The van der Waals surface area contributed by atoms with Crippen LogP contribution >= 0.6 is 11.6 Å². The van der Waals surface area contributed by atoms with Gasteiger partial charge in [0.1, 0.15) is 12.1 Å². The number of pyridine rings is 1. The first kappa shape index (κ1) is 24.2. The molecule has 0 aliphatic carbocycles. The zero-order valence-corrected chi connectivity index (χ0v) is 21.0. The van der Waals surface area contributed by atoms with Gasteiger partial charge >= 0.3 is 5.91 Å². The predicted octanol–water partition coefficient (Wildman–Crippen LogP) is 5.58. The Morgan fingerprint density at radius 2 is 1.82 bits per heavy atom. The van der Waals surface area contributed by atoms with Gasteiger partial charge in [0.25, 0.3) is 5.82 Å². The molecule has 178 valence electrons. The van der Waals surface area contributed by atoms with Crippen molar-refractivity contribution in [3.63, 3.8) is 0 Å². The van der Waals surface area contributed by atoms with Gasteiger partial charge in [0.15, 0.2) is 0 Å². The van der Waals surface area contributed by atoms with Crippen molar-refractivity contribution in [1.82, 2.24) is 5.32 Å². The Kier molecular flexibility index (Phi) is 7.24. The van der Waals surface area contributed by atoms with Crippen LogP contribution in [0.5, 0.6) is 0 Å². The largest absolute Gasteiger partial charge is 0.371 e. The molecular formula is C28H34ClN4O+. The minimum atomic E-state index is -0.163. The molecule has 5 nitrogen and oxygen atoms in total. The fraction of sp³-hybridized carbons (Fsp3) is 0.357. The second kappa shape index (κ2) is 10.2. The Balaban J connectivity index is 1.68. The van der Waals surface area contributed by atoms with E-state index < -0.39 is 0 Å². The number of allylic oxidation sites excluding steroid dienone is 1. The number of benzene rings is 2. The molecule has 1 saturated heterocycles. The SMILES string of the molecule is C=CC[n+]1c(NC(=O)c2ccc(Cl)cc2)cc(N2CCC(NC(C)(C)C)CC2)c2ccccc21. The second-order valence-corrected chi connectivity index (χ2v) is 10.4. The molecule has 2 aromatic carbocycles. The van der Waals surface area contributed by atoms with Gasteiger partial charge in [-0.15, -0.1) is 0 Å². The summed E-state index contributed by atoms with van der Waals surface area (Å²) < 4.78 is 2.10. The van der Waals surface area contributed by atoms with Crippen molar-refractivity contribution in [2.45, 2.75) is 51.7 Å². The number of nitrogens with zero attached hydrogens (tertiary/aromatic N) is 2. The Morgan fingerprint density at radius 1 is 1.15 bits per heavy atom. The molecule has 0 spiro atoms. The Morgan fingerprint density at radius 3 is 2.47 bits per heavy atom. The van der Waals surface area contributed by atoms with Crippen LogP contribution in [-0.4, -0.2) is 30.6 Å². The van der Waals surface area contributed by atoms with Crippen molar-refractivity contribution in [3.05, 3.63) is 77.8 Å². The number of carbonyl (C=O) groups is 1. The first-order valence-corrected chi connectivity index (χ1v) is 12.3. The molecule has 2 N–H and O–H groups in total. The minimum absolute atomic E-state index is 0.113. The molecule has 4 rings (SSSR count). The van der Waals surface area contributed by atoms with Crippen LogP contribution in [0.15, 0.2) is 67.3 Å². The summed E-state index contributed by atoms with van der Waals surface area (Å²) in [6.45, 7) is 13.1. The second-order valence-electron chi connectivity index (χ2n) is 9.95. The molecule has 3 aromatic rings. The van der Waals surface area contributed by atoms with E-state index in [0.717, 1.165) is 43.0 Å². The summed E-state index contributed by atoms with van der Waals surface area (Å²) >= 11 is 6.00. The number of nitrogens with one attached hydrogen (secondary N) is 2. The van der Waals surface area contributed by atoms with Gasteiger partial charge in [0.05, 0.1) is 17.3 Å². The molecule has 1 aliphatic heterocycles. The van der Waals surface area contributed by atoms with Gasteiger partial charge in [-0.1, -0.05) is 36.4 Å². The van der Waals surface area contributed by atoms with Crippen LogP contribution < -0.4 is 20.1 Å². The highest BCUT2D eigenvalue weighted by Crippen LogP contribution is 2.30. The van der Waals surface area contributed by atoms with Crippen molar-refractivity contribution in [1.29, 1.82) is 0 Å². The highest BCUT2D eigenvalue weighted by Gasteiger charge is 2.27. The molecule has 2 heterocycles. The summed E-state index contributed by atoms with van der Waals surface area (Å²) in [5, 5.41) is 8.67. The number of anilines is 2. The molecule has 0 bridgehead atoms. The van der Waals surface area contributed by atoms with Gasteiger partial charge in [-0.25, -0.2) is 14.7 Å². The average Bonchev–Trinajstić information content (AvgIpc) is 2.80. The zero-order chi connectivity index (χ0) is 24.3. The van der Waals surface area contributed by atoms with E-state index in [2.05, 4.69) is 71.7 Å². The molecule has 0 atom stereocenters. The van der Waals surface area contributed by atoms with E-state index in [4.69, 9.17) is 11.6 Å². The Hall–Kier alpha value is -2.89. The van der Waals surface area contributed by atoms with Gasteiger partial charge in [0.2, 0.25) is 0 Å². The number of amides is 1. The fourth-order valence-corrected chi connectivity index (χ4v) is 4.82. The average molecular weight is 478 g/mol. The van der Waals surface area contributed by atoms with E-state index in [1.165, 1.54) is 5.39 Å². The number of rotatable bonds is 6. The summed E-state index contributed by atoms with van der Waals surface area (Å²) in [6, 6.07) is 17.9. The molecule has 1 aromatic heterocycles. The maximum absolute atomic E-state index is 13.1. The zero-order valence-electron chi connectivity index (χ0n) is 20.3. The fourth-order valence-electron chi connectivity index (χ4n) is 4.70. The monoisotopic (exact) mass is 477 g/mol. The van der Waals surface area contributed by atoms with Crippen LogP contribution in [0.4, 0.5) is 11.5 Å². The van der Waals surface area contributed by atoms with E-state index in [0.29, 0.717) is 23.2 Å². The molecule has 0 unspecified atom stereocenters. The Labute approximate surface area is 207 Å². The standard InChI is InChI=1S/C28H33ClN4O/c1-5-16-33-24-9-7-6-8-23(24)25(32-17-14-22(15-18-32)31-28(2,3)4)19-26(33)30-27(34)20-10-12-21(29)13-11-20/h5-13,19,22,31H,1,14-18H2,2-4H3/p+1. The maximum Gasteiger partial charge on any atom is 0.339 e. The van der Waals surface area contributed by atoms with E-state index in [1.54, 1.807) is 24.3 Å². The van der Waals surface area contributed by atoms with E-state index in [-0.39, 0.29) is 11.4 Å². The number of hydrogen-bond donors (Lipinski definition) is 2. The van der Waals surface area contributed by atoms with Gasteiger partial charge in [0, 0.05) is 35.1 Å². The van der Waals surface area contributed by atoms with Crippen molar-refractivity contribution in [3.8, 4) is 0 Å². The molecule has 34 heavy (non-hydrogen) atoms. The summed E-state index contributed by atoms with van der Waals surface area (Å²) in [6.07, 6.45) is 4.02. The van der Waals surface area contributed by atoms with E-state index in [1.807, 2.05) is 12.1 Å². The quantitative estimate of drug-likeness (QED) is 0.360. The van der Waals surface area contributed by atoms with E-state index in [9.17, 15) is 4.79 Å². The first-order chi connectivity index (χ1) is 16.2. The predicted molar refractivity (Wildman–Crippen MR) is 142 cm³/mol. The lowest BCUT2D eigenvalue weighted by molar-refractivity contribution is -0.646. The van der Waals surface area contributed by atoms with Crippen molar-refractivity contribution >= 4 is 39.9 Å². The number of halogens is 1. The van der Waals surface area contributed by atoms with Crippen molar-refractivity contribution in [2.75, 3.05) is 23.3 Å². The number of fused-ring (bicyclic) bond motifs is 1. The lowest BCUT2D eigenvalue weighted by atomic mass is 9.99. The first-order valence-electron chi connectivity index (χ1n) is 11.9. The van der Waals surface area contributed by atoms with Gasteiger partial charge in [-0.3, -0.25) is 0 Å². The molecule has 6 heteroatoms. The smallest absolute Gasteiger partial charge is 0.339 e. The number of aromatic nitrogens is 1. The van der Waals surface area contributed by atoms with Crippen LogP contribution in [-0.2, 0) is 6.54 Å². The molecule has 1 fully saturated rings. The molecule has 0 saturated carbocycles. The van der Waals surface area contributed by atoms with E-state index >= 15 is 0 Å². The third-order valence-electron chi connectivity index (χ3n) is 6.17. The summed E-state index contributed by atoms with van der Waals surface area (Å²) in [7, 11) is 0. The third-order valence-corrected chi connectivity index (χ3v) is 6.42. The maximum atomic E-state index is 13.1. The van der Waals surface area contributed by atoms with Gasteiger partial charge < -0.3 is 10.2 Å². The summed E-state index contributed by atoms with van der Waals surface area (Å²) in [5.74, 6) is 0.590. The van der Waals surface area contributed by atoms with Crippen molar-refractivity contribution in [2.24, 2.45) is 0 Å². The van der Waals surface area contributed by atoms with Crippen molar-refractivity contribution < 1.29 is 9.36 Å². The number of hydrogen-bond acceptors (Lipinski definition) is 3. The topological polar surface area (TPSA) is 48.3 Å². The number of para-hydroxylation sites is 1. The molecule has 0 radical (unpaired) electrons. The number of carbonyl (C=O) groups excluding carboxylic acids is 1. The molecular weight excluding hydrogens is 444 g/mol. The van der Waals surface area contributed by atoms with Gasteiger partial charge in [-0.2, -0.15) is 0 Å². The molecule has 1 aliphatic rings. The summed E-state index contributed by atoms with van der Waals surface area (Å²) in [4.78, 5) is 15.5. The normalized spacial score (nSPS) is 14.9. The minimum Gasteiger partial charge on any atom is -0.371 e. The van der Waals surface area contributed by atoms with Crippen LogP contribution in [0, 0.1) is 0 Å². The molecule has 1 amide bonds. The lowest BCUT2D eigenvalue weighted by Gasteiger charge is -2.37. The summed E-state index contributed by atoms with van der Waals surface area (Å²) in [5.41, 5.74) is 2.90. The van der Waals surface area contributed by atoms with Crippen LogP contribution in [0.2, 0.25) is 5.02 Å². The van der Waals surface area contributed by atoms with Crippen LogP contribution in [0.1, 0.15) is 44.0 Å².